The number of sulfonamides is 1. The molecule has 0 unspecified atom stereocenters. The summed E-state index contributed by atoms with van der Waals surface area (Å²) in [5.41, 5.74) is 0.990. The molecule has 3 rings (SSSR count). The molecule has 6 nitrogen and oxygen atoms in total. The van der Waals surface area contributed by atoms with E-state index in [1.54, 1.807) is 30.3 Å². The van der Waals surface area contributed by atoms with Crippen LogP contribution in [0.3, 0.4) is 0 Å². The maximum absolute atomic E-state index is 12.4. The van der Waals surface area contributed by atoms with Crippen molar-refractivity contribution in [3.05, 3.63) is 90.0 Å². The van der Waals surface area contributed by atoms with Gasteiger partial charge in [0, 0.05) is 22.9 Å². The summed E-state index contributed by atoms with van der Waals surface area (Å²) in [5.74, 6) is -0.457. The minimum absolute atomic E-state index is 0.0548. The summed E-state index contributed by atoms with van der Waals surface area (Å²) in [4.78, 5) is 12.3. The molecule has 0 aliphatic heterocycles. The van der Waals surface area contributed by atoms with Crippen molar-refractivity contribution in [3.63, 3.8) is 0 Å². The molecule has 0 radical (unpaired) electrons. The molecule has 0 amide bonds. The molecule has 0 fully saturated rings. The van der Waals surface area contributed by atoms with Gasteiger partial charge in [-0.25, -0.2) is 8.42 Å². The molecule has 0 aliphatic carbocycles. The Hall–Kier alpha value is -3.58. The van der Waals surface area contributed by atoms with Crippen LogP contribution in [0.2, 0.25) is 0 Å². The Morgan fingerprint density at radius 2 is 1.64 bits per heavy atom. The number of phenols is 2. The third kappa shape index (κ3) is 4.57. The number of carbonyl (C=O) groups is 1. The van der Waals surface area contributed by atoms with Gasteiger partial charge in [0.1, 0.15) is 11.5 Å². The summed E-state index contributed by atoms with van der Waals surface area (Å²) in [7, 11) is -3.91. The monoisotopic (exact) mass is 395 g/mol. The summed E-state index contributed by atoms with van der Waals surface area (Å²) in [5, 5.41) is 19.2. The van der Waals surface area contributed by atoms with Crippen molar-refractivity contribution in [2.75, 3.05) is 4.72 Å². The van der Waals surface area contributed by atoms with Crippen molar-refractivity contribution < 1.29 is 23.4 Å². The maximum Gasteiger partial charge on any atom is 0.262 e. The van der Waals surface area contributed by atoms with E-state index >= 15 is 0 Å². The van der Waals surface area contributed by atoms with Gasteiger partial charge in [-0.2, -0.15) is 0 Å². The number of hydrogen-bond acceptors (Lipinski definition) is 5. The first-order chi connectivity index (χ1) is 13.3. The number of ketones is 1. The fourth-order valence-corrected chi connectivity index (χ4v) is 3.58. The first-order valence-corrected chi connectivity index (χ1v) is 9.76. The summed E-state index contributed by atoms with van der Waals surface area (Å²) in [6, 6.07) is 17.9. The Balaban J connectivity index is 1.80. The van der Waals surface area contributed by atoms with E-state index in [9.17, 15) is 23.4 Å². The minimum Gasteiger partial charge on any atom is -0.508 e. The Labute approximate surface area is 162 Å². The smallest absolute Gasteiger partial charge is 0.262 e. The topological polar surface area (TPSA) is 104 Å². The predicted molar refractivity (Wildman–Crippen MR) is 107 cm³/mol. The highest BCUT2D eigenvalue weighted by atomic mass is 32.2. The van der Waals surface area contributed by atoms with E-state index in [0.29, 0.717) is 5.56 Å². The number of rotatable bonds is 6. The molecule has 28 heavy (non-hydrogen) atoms. The fraction of sp³-hybridized carbons (Fsp3) is 0. The van der Waals surface area contributed by atoms with Crippen LogP contribution in [-0.2, 0) is 10.0 Å². The molecule has 3 N–H and O–H groups in total. The van der Waals surface area contributed by atoms with Crippen molar-refractivity contribution in [3.8, 4) is 11.5 Å². The SMILES string of the molecule is O=C(C=Cc1ccccc1O)c1cccc(NS(=O)(=O)c2cccc(O)c2)c1. The van der Waals surface area contributed by atoms with E-state index in [0.717, 1.165) is 6.07 Å². The average molecular weight is 395 g/mol. The number of phenolic OH excluding ortho intramolecular Hbond substituents is 2. The van der Waals surface area contributed by atoms with E-state index in [-0.39, 0.29) is 33.4 Å². The van der Waals surface area contributed by atoms with Gasteiger partial charge in [0.15, 0.2) is 5.78 Å². The zero-order valence-electron chi connectivity index (χ0n) is 14.6. The molecular weight excluding hydrogens is 378 g/mol. The summed E-state index contributed by atoms with van der Waals surface area (Å²) >= 11 is 0. The molecule has 3 aromatic rings. The van der Waals surface area contributed by atoms with Crippen molar-refractivity contribution in [1.82, 2.24) is 0 Å². The lowest BCUT2D eigenvalue weighted by Crippen LogP contribution is -2.13. The van der Waals surface area contributed by atoms with Crippen molar-refractivity contribution >= 4 is 27.6 Å². The standard InChI is InChI=1S/C21H17NO5S/c23-18-8-4-9-19(14-18)28(26,27)22-17-7-3-6-16(13-17)21(25)12-11-15-5-1-2-10-20(15)24/h1-14,22-24H. The van der Waals surface area contributed by atoms with Gasteiger partial charge in [0.2, 0.25) is 0 Å². The molecule has 0 saturated heterocycles. The Kier molecular flexibility index (Phi) is 5.47. The number of benzene rings is 3. The molecule has 7 heteroatoms. The predicted octanol–water partition coefficient (Wildman–Crippen LogP) is 3.79. The average Bonchev–Trinajstić information content (AvgIpc) is 2.67. The summed E-state index contributed by atoms with van der Waals surface area (Å²) in [6.07, 6.45) is 2.79. The third-order valence-corrected chi connectivity index (χ3v) is 5.26. The van der Waals surface area contributed by atoms with Gasteiger partial charge in [-0.05, 0) is 42.5 Å². The second kappa shape index (κ2) is 7.98. The number of para-hydroxylation sites is 1. The highest BCUT2D eigenvalue weighted by Gasteiger charge is 2.15. The normalized spacial score (nSPS) is 11.4. The van der Waals surface area contributed by atoms with Gasteiger partial charge in [-0.15, -0.1) is 0 Å². The zero-order valence-corrected chi connectivity index (χ0v) is 15.4. The molecule has 0 heterocycles. The fourth-order valence-electron chi connectivity index (χ4n) is 2.49. The lowest BCUT2D eigenvalue weighted by atomic mass is 10.1. The molecule has 0 bridgehead atoms. The zero-order chi connectivity index (χ0) is 20.1. The van der Waals surface area contributed by atoms with Crippen LogP contribution < -0.4 is 4.72 Å². The second-order valence-electron chi connectivity index (χ2n) is 5.94. The van der Waals surface area contributed by atoms with Gasteiger partial charge >= 0.3 is 0 Å². The molecule has 0 atom stereocenters. The first-order valence-electron chi connectivity index (χ1n) is 8.27. The van der Waals surface area contributed by atoms with E-state index in [1.165, 1.54) is 48.6 Å². The molecule has 3 aromatic carbocycles. The summed E-state index contributed by atoms with van der Waals surface area (Å²) < 4.78 is 27.3. The van der Waals surface area contributed by atoms with E-state index < -0.39 is 10.0 Å². The van der Waals surface area contributed by atoms with Gasteiger partial charge in [0.25, 0.3) is 10.0 Å². The Morgan fingerprint density at radius 1 is 0.893 bits per heavy atom. The van der Waals surface area contributed by atoms with Gasteiger partial charge < -0.3 is 10.2 Å². The number of anilines is 1. The molecular formula is C21H17NO5S. The van der Waals surface area contributed by atoms with Crippen molar-refractivity contribution in [2.24, 2.45) is 0 Å². The quantitative estimate of drug-likeness (QED) is 0.435. The Morgan fingerprint density at radius 3 is 2.39 bits per heavy atom. The van der Waals surface area contributed by atoms with Crippen LogP contribution in [0.1, 0.15) is 15.9 Å². The van der Waals surface area contributed by atoms with E-state index in [2.05, 4.69) is 4.72 Å². The number of allylic oxidation sites excluding steroid dienone is 1. The van der Waals surface area contributed by atoms with Crippen molar-refractivity contribution in [2.45, 2.75) is 4.90 Å². The van der Waals surface area contributed by atoms with Crippen LogP contribution in [0.5, 0.6) is 11.5 Å². The molecule has 0 aliphatic rings. The second-order valence-corrected chi connectivity index (χ2v) is 7.62. The highest BCUT2D eigenvalue weighted by Crippen LogP contribution is 2.21. The van der Waals surface area contributed by atoms with Crippen LogP contribution >= 0.6 is 0 Å². The third-order valence-electron chi connectivity index (χ3n) is 3.88. The van der Waals surface area contributed by atoms with Crippen LogP contribution in [0, 0.1) is 0 Å². The van der Waals surface area contributed by atoms with Crippen molar-refractivity contribution in [1.29, 1.82) is 0 Å². The number of carbonyl (C=O) groups excluding carboxylic acids is 1. The lowest BCUT2D eigenvalue weighted by Gasteiger charge is -2.09. The highest BCUT2D eigenvalue weighted by molar-refractivity contribution is 7.92. The van der Waals surface area contributed by atoms with Crippen LogP contribution in [-0.4, -0.2) is 24.4 Å². The number of hydrogen-bond donors (Lipinski definition) is 3. The molecule has 142 valence electrons. The van der Waals surface area contributed by atoms with Gasteiger partial charge in [-0.3, -0.25) is 9.52 Å². The number of nitrogens with one attached hydrogen (secondary N) is 1. The number of aromatic hydroxyl groups is 2. The molecule has 0 aromatic heterocycles. The van der Waals surface area contributed by atoms with Crippen LogP contribution in [0.4, 0.5) is 5.69 Å². The molecule has 0 saturated carbocycles. The van der Waals surface area contributed by atoms with E-state index in [1.807, 2.05) is 0 Å². The van der Waals surface area contributed by atoms with Gasteiger partial charge in [-0.1, -0.05) is 36.4 Å². The largest absolute Gasteiger partial charge is 0.508 e. The lowest BCUT2D eigenvalue weighted by molar-refractivity contribution is 0.104. The summed E-state index contributed by atoms with van der Waals surface area (Å²) in [6.45, 7) is 0. The van der Waals surface area contributed by atoms with Gasteiger partial charge in [0.05, 0.1) is 4.90 Å². The molecule has 0 spiro atoms. The van der Waals surface area contributed by atoms with Crippen LogP contribution in [0.15, 0.2) is 83.8 Å². The van der Waals surface area contributed by atoms with Crippen LogP contribution in [0.25, 0.3) is 6.08 Å². The maximum atomic E-state index is 12.4. The first kappa shape index (κ1) is 19.2. The Bertz CT molecular complexity index is 1150. The van der Waals surface area contributed by atoms with E-state index in [4.69, 9.17) is 0 Å². The minimum atomic E-state index is -3.91.